The van der Waals surface area contributed by atoms with Crippen molar-refractivity contribution in [2.24, 2.45) is 4.99 Å². The summed E-state index contributed by atoms with van der Waals surface area (Å²) in [5, 5.41) is 63.0. The molecule has 5 rings (SSSR count). The molecule has 0 spiro atoms. The minimum Gasteiger partial charge on any atom is -0.484 e. The van der Waals surface area contributed by atoms with Crippen LogP contribution in [0.15, 0.2) is 49.9 Å². The Morgan fingerprint density at radius 2 is 2.00 bits per heavy atom. The summed E-state index contributed by atoms with van der Waals surface area (Å²) < 4.78 is 12.2. The van der Waals surface area contributed by atoms with Crippen LogP contribution < -0.4 is 10.2 Å². The molecule has 0 amide bonds. The molecule has 0 saturated heterocycles. The van der Waals surface area contributed by atoms with E-state index in [1.807, 2.05) is 6.08 Å². The average molecular weight is 603 g/mol. The van der Waals surface area contributed by atoms with Gasteiger partial charge in [0.15, 0.2) is 5.43 Å². The minimum absolute atomic E-state index is 0.188. The molecule has 0 fully saturated rings. The number of allylic oxidation sites excluding steroid dienone is 1. The molecular formula is C30H38N2O11. The SMILES string of the molecule is Cc1cc(=O)c2cc3c(c(CCO)c2o1)OC(C)(C)[C@H](OOC[C@H](O)[C@](O)(CN1CC=C2N=CC=C21)[C@H](O)[C@H](O)CO)C3. The Bertz CT molecular complexity index is 1510. The molecule has 1 aromatic heterocycles. The standard InChI is InChI=1S/C30H38N2O11/c1-16-10-22(35)19-11-17-12-25(29(2,3)42-26(17)18(6-9-33)27(19)41-16)43-40-14-24(37)30(39,28(38)23(36)13-34)15-32-8-5-20-21(32)4-7-31-20/h4-5,7,10-11,23-25,28,33-34,36-39H,6,8-9,12-15H2,1-3H3/t23-,24+,25-,28-,30-/m1/s1. The predicted molar refractivity (Wildman–Crippen MR) is 154 cm³/mol. The lowest BCUT2D eigenvalue weighted by molar-refractivity contribution is -0.363. The lowest BCUT2D eigenvalue weighted by Crippen LogP contribution is -2.63. The van der Waals surface area contributed by atoms with Crippen LogP contribution in [0.1, 0.15) is 30.7 Å². The van der Waals surface area contributed by atoms with Crippen LogP contribution in [0.4, 0.5) is 0 Å². The minimum atomic E-state index is -2.34. The van der Waals surface area contributed by atoms with Crippen LogP contribution in [-0.4, -0.2) is 110 Å². The number of ether oxygens (including phenoxy) is 1. The van der Waals surface area contributed by atoms with Gasteiger partial charge in [-0.1, -0.05) is 0 Å². The summed E-state index contributed by atoms with van der Waals surface area (Å²) in [6, 6.07) is 3.06. The van der Waals surface area contributed by atoms with Gasteiger partial charge in [-0.05, 0) is 44.6 Å². The molecule has 234 valence electrons. The molecule has 1 aromatic carbocycles. The fourth-order valence-corrected chi connectivity index (χ4v) is 5.73. The molecule has 6 N–H and O–H groups in total. The molecule has 0 unspecified atom stereocenters. The van der Waals surface area contributed by atoms with E-state index in [1.54, 1.807) is 44.0 Å². The summed E-state index contributed by atoms with van der Waals surface area (Å²) in [7, 11) is 0. The zero-order valence-corrected chi connectivity index (χ0v) is 24.3. The van der Waals surface area contributed by atoms with Crippen LogP contribution in [0.3, 0.4) is 0 Å². The van der Waals surface area contributed by atoms with Gasteiger partial charge >= 0.3 is 0 Å². The molecule has 2 aromatic rings. The lowest BCUT2D eigenvalue weighted by Gasteiger charge is -2.42. The molecule has 3 aliphatic heterocycles. The number of β-amino-alcohol motifs (C(OH)–C–C–N with tert-alkyl or cyclic N) is 1. The molecule has 3 aliphatic rings. The van der Waals surface area contributed by atoms with Crippen LogP contribution in [0.5, 0.6) is 5.75 Å². The maximum Gasteiger partial charge on any atom is 0.192 e. The largest absolute Gasteiger partial charge is 0.484 e. The van der Waals surface area contributed by atoms with Gasteiger partial charge in [0.1, 0.15) is 59.3 Å². The van der Waals surface area contributed by atoms with Crippen LogP contribution >= 0.6 is 0 Å². The number of fused-ring (bicyclic) bond motifs is 3. The van der Waals surface area contributed by atoms with Gasteiger partial charge in [-0.3, -0.25) is 9.79 Å². The third kappa shape index (κ3) is 5.87. The summed E-state index contributed by atoms with van der Waals surface area (Å²) in [4.78, 5) is 29.8. The summed E-state index contributed by atoms with van der Waals surface area (Å²) in [6.07, 6.45) is -0.591. The van der Waals surface area contributed by atoms with Crippen molar-refractivity contribution < 1.29 is 49.6 Å². The Morgan fingerprint density at radius 1 is 1.23 bits per heavy atom. The van der Waals surface area contributed by atoms with E-state index in [9.17, 15) is 35.4 Å². The van der Waals surface area contributed by atoms with E-state index < -0.39 is 48.8 Å². The van der Waals surface area contributed by atoms with Gasteiger partial charge in [0.25, 0.3) is 0 Å². The van der Waals surface area contributed by atoms with Crippen molar-refractivity contribution in [1.82, 2.24) is 4.90 Å². The first-order chi connectivity index (χ1) is 20.4. The van der Waals surface area contributed by atoms with E-state index >= 15 is 0 Å². The molecule has 0 aliphatic carbocycles. The second-order valence-corrected chi connectivity index (χ2v) is 11.7. The number of benzene rings is 1. The van der Waals surface area contributed by atoms with Gasteiger partial charge in [0.05, 0.1) is 29.9 Å². The highest BCUT2D eigenvalue weighted by Gasteiger charge is 2.49. The molecule has 4 heterocycles. The first-order valence-electron chi connectivity index (χ1n) is 14.1. The van der Waals surface area contributed by atoms with Crippen LogP contribution in [-0.2, 0) is 22.6 Å². The van der Waals surface area contributed by atoms with E-state index in [1.165, 1.54) is 6.07 Å². The van der Waals surface area contributed by atoms with Crippen molar-refractivity contribution in [1.29, 1.82) is 0 Å². The molecule has 13 heteroatoms. The van der Waals surface area contributed by atoms with Gasteiger partial charge in [-0.25, -0.2) is 9.78 Å². The quantitative estimate of drug-likeness (QED) is 0.137. The molecule has 0 saturated carbocycles. The number of aliphatic imine (C=N–C) groups is 1. The zero-order chi connectivity index (χ0) is 31.1. The van der Waals surface area contributed by atoms with Crippen molar-refractivity contribution >= 4 is 17.2 Å². The van der Waals surface area contributed by atoms with Crippen molar-refractivity contribution in [2.75, 3.05) is 32.9 Å². The Labute approximate surface area is 247 Å². The number of aryl methyl sites for hydroxylation is 1. The number of rotatable bonds is 12. The van der Waals surface area contributed by atoms with Crippen LogP contribution in [0.25, 0.3) is 11.0 Å². The molecular weight excluding hydrogens is 564 g/mol. The Balaban J connectivity index is 1.33. The van der Waals surface area contributed by atoms with Crippen molar-refractivity contribution in [3.8, 4) is 5.75 Å². The second kappa shape index (κ2) is 12.1. The smallest absolute Gasteiger partial charge is 0.192 e. The van der Waals surface area contributed by atoms with E-state index in [0.29, 0.717) is 51.5 Å². The third-order valence-corrected chi connectivity index (χ3v) is 8.22. The fraction of sp³-hybridized carbons (Fsp3) is 0.533. The van der Waals surface area contributed by atoms with Crippen LogP contribution in [0.2, 0.25) is 0 Å². The Hall–Kier alpha value is -3.14. The topological polar surface area (TPSA) is 195 Å². The maximum absolute atomic E-state index is 12.8. The highest BCUT2D eigenvalue weighted by atomic mass is 17.2. The summed E-state index contributed by atoms with van der Waals surface area (Å²) in [6.45, 7) is 3.62. The van der Waals surface area contributed by atoms with E-state index in [4.69, 9.17) is 18.9 Å². The van der Waals surface area contributed by atoms with Gasteiger partial charge < -0.3 is 44.7 Å². The molecule has 0 bridgehead atoms. The van der Waals surface area contributed by atoms with E-state index in [0.717, 1.165) is 0 Å². The number of nitrogens with zero attached hydrogens (tertiary/aromatic N) is 2. The van der Waals surface area contributed by atoms with Gasteiger partial charge in [-0.2, -0.15) is 0 Å². The molecule has 0 radical (unpaired) electrons. The monoisotopic (exact) mass is 602 g/mol. The number of hydrogen-bond donors (Lipinski definition) is 6. The van der Waals surface area contributed by atoms with Gasteiger partial charge in [0.2, 0.25) is 0 Å². The Kier molecular flexibility index (Phi) is 8.80. The third-order valence-electron chi connectivity index (χ3n) is 8.22. The maximum atomic E-state index is 12.8. The molecule has 5 atom stereocenters. The van der Waals surface area contributed by atoms with E-state index in [-0.39, 0.29) is 31.4 Å². The number of aliphatic hydroxyl groups excluding tert-OH is 5. The Morgan fingerprint density at radius 3 is 2.72 bits per heavy atom. The first-order valence-corrected chi connectivity index (χ1v) is 14.1. The fourth-order valence-electron chi connectivity index (χ4n) is 5.73. The van der Waals surface area contributed by atoms with Crippen LogP contribution in [0, 0.1) is 6.92 Å². The second-order valence-electron chi connectivity index (χ2n) is 11.7. The highest BCUT2D eigenvalue weighted by molar-refractivity contribution is 5.84. The number of hydrogen-bond acceptors (Lipinski definition) is 13. The number of aliphatic hydroxyl groups is 6. The van der Waals surface area contributed by atoms with Gasteiger partial charge in [0, 0.05) is 43.8 Å². The average Bonchev–Trinajstić information content (AvgIpc) is 3.58. The summed E-state index contributed by atoms with van der Waals surface area (Å²) in [5.74, 6) is 0.922. The van der Waals surface area contributed by atoms with E-state index in [2.05, 4.69) is 4.99 Å². The first kappa shape index (κ1) is 31.3. The van der Waals surface area contributed by atoms with Crippen molar-refractivity contribution in [2.45, 2.75) is 69.2 Å². The lowest BCUT2D eigenvalue weighted by atomic mass is 9.86. The highest BCUT2D eigenvalue weighted by Crippen LogP contribution is 2.41. The predicted octanol–water partition coefficient (Wildman–Crippen LogP) is -0.360. The summed E-state index contributed by atoms with van der Waals surface area (Å²) in [5.41, 5.74) is -0.600. The normalized spacial score (nSPS) is 22.3. The molecule has 13 nitrogen and oxygen atoms in total. The van der Waals surface area contributed by atoms with Crippen molar-refractivity contribution in [3.63, 3.8) is 0 Å². The molecule has 43 heavy (non-hydrogen) atoms. The van der Waals surface area contributed by atoms with Crippen molar-refractivity contribution in [3.05, 3.63) is 62.8 Å². The summed E-state index contributed by atoms with van der Waals surface area (Å²) >= 11 is 0. The zero-order valence-electron chi connectivity index (χ0n) is 24.3. The van der Waals surface area contributed by atoms with Gasteiger partial charge in [-0.15, -0.1) is 0 Å².